The minimum Gasteiger partial charge on any atom is -0.321 e. The molecule has 4 heterocycles. The van der Waals surface area contributed by atoms with Gasteiger partial charge in [-0.1, -0.05) is 6.07 Å². The monoisotopic (exact) mass is 436 g/mol. The van der Waals surface area contributed by atoms with Gasteiger partial charge in [0.05, 0.1) is 27.0 Å². The molecule has 4 aromatic rings. The standard InChI is InChI=1S/C20H17BrN6O/c1-11-8-13-17(19(28)25(11)2)26(3)18(23-13)16-15(21)14-5-4-12(9-27(14)24-16)20(10-22)6-7-20/h4-5,8-9H,6-7H2,1-3H3. The summed E-state index contributed by atoms with van der Waals surface area (Å²) < 4.78 is 6.01. The van der Waals surface area contributed by atoms with E-state index in [1.165, 1.54) is 0 Å². The van der Waals surface area contributed by atoms with Crippen molar-refractivity contribution < 1.29 is 0 Å². The Labute approximate surface area is 169 Å². The number of imidazole rings is 1. The average molecular weight is 437 g/mol. The van der Waals surface area contributed by atoms with Crippen LogP contribution in [0.1, 0.15) is 24.1 Å². The SMILES string of the molecule is Cc1cc2nc(-c3nn4cc(C5(C#N)CC5)ccc4c3Br)n(C)c2c(=O)n1C. The van der Waals surface area contributed by atoms with Gasteiger partial charge < -0.3 is 9.13 Å². The van der Waals surface area contributed by atoms with Gasteiger partial charge in [-0.3, -0.25) is 4.79 Å². The van der Waals surface area contributed by atoms with Gasteiger partial charge in [-0.25, -0.2) is 9.50 Å². The first kappa shape index (κ1) is 17.2. The van der Waals surface area contributed by atoms with Gasteiger partial charge >= 0.3 is 0 Å². The Bertz CT molecular complexity index is 1400. The van der Waals surface area contributed by atoms with E-state index >= 15 is 0 Å². The van der Waals surface area contributed by atoms with E-state index in [0.29, 0.717) is 22.6 Å². The maximum Gasteiger partial charge on any atom is 0.276 e. The van der Waals surface area contributed by atoms with E-state index in [1.807, 2.05) is 38.4 Å². The van der Waals surface area contributed by atoms with Gasteiger partial charge in [0.2, 0.25) is 0 Å². The van der Waals surface area contributed by atoms with Crippen molar-refractivity contribution in [2.24, 2.45) is 14.1 Å². The third-order valence-electron chi connectivity index (χ3n) is 5.80. The maximum absolute atomic E-state index is 12.7. The molecule has 8 heteroatoms. The molecule has 28 heavy (non-hydrogen) atoms. The van der Waals surface area contributed by atoms with Crippen molar-refractivity contribution in [3.8, 4) is 17.6 Å². The lowest BCUT2D eigenvalue weighted by Crippen LogP contribution is -2.20. The zero-order chi connectivity index (χ0) is 19.8. The fourth-order valence-corrected chi connectivity index (χ4v) is 4.30. The Morgan fingerprint density at radius 2 is 2.00 bits per heavy atom. The molecule has 1 fully saturated rings. The zero-order valence-corrected chi connectivity index (χ0v) is 17.3. The molecule has 7 nitrogen and oxygen atoms in total. The molecule has 1 aliphatic rings. The summed E-state index contributed by atoms with van der Waals surface area (Å²) in [5.74, 6) is 0.622. The topological polar surface area (TPSA) is 80.9 Å². The molecule has 4 aromatic heterocycles. The first-order chi connectivity index (χ1) is 13.4. The summed E-state index contributed by atoms with van der Waals surface area (Å²) >= 11 is 3.65. The van der Waals surface area contributed by atoms with Crippen molar-refractivity contribution in [3.63, 3.8) is 0 Å². The second-order valence-corrected chi connectivity index (χ2v) is 8.28. The fourth-order valence-electron chi connectivity index (χ4n) is 3.73. The van der Waals surface area contributed by atoms with Crippen LogP contribution in [0.25, 0.3) is 28.1 Å². The average Bonchev–Trinajstić information content (AvgIpc) is 3.34. The molecule has 0 unspecified atom stereocenters. The van der Waals surface area contributed by atoms with Crippen LogP contribution < -0.4 is 5.56 Å². The molecule has 0 radical (unpaired) electrons. The summed E-state index contributed by atoms with van der Waals surface area (Å²) in [6.07, 6.45) is 3.70. The number of fused-ring (bicyclic) bond motifs is 2. The van der Waals surface area contributed by atoms with E-state index in [9.17, 15) is 10.1 Å². The predicted molar refractivity (Wildman–Crippen MR) is 109 cm³/mol. The third-order valence-corrected chi connectivity index (χ3v) is 6.58. The summed E-state index contributed by atoms with van der Waals surface area (Å²) in [5, 5.41) is 14.2. The summed E-state index contributed by atoms with van der Waals surface area (Å²) in [6.45, 7) is 1.89. The minimum atomic E-state index is -0.367. The number of nitriles is 1. The molecule has 1 saturated carbocycles. The highest BCUT2D eigenvalue weighted by molar-refractivity contribution is 9.10. The number of hydrogen-bond donors (Lipinski definition) is 0. The Kier molecular flexibility index (Phi) is 3.41. The number of pyridine rings is 2. The fraction of sp³-hybridized carbons (Fsp3) is 0.300. The zero-order valence-electron chi connectivity index (χ0n) is 15.7. The number of halogens is 1. The van der Waals surface area contributed by atoms with E-state index in [0.717, 1.165) is 34.1 Å². The van der Waals surface area contributed by atoms with Gasteiger partial charge in [0.1, 0.15) is 11.2 Å². The van der Waals surface area contributed by atoms with Gasteiger partial charge in [-0.15, -0.1) is 0 Å². The molecule has 0 spiro atoms. The lowest BCUT2D eigenvalue weighted by Gasteiger charge is -2.05. The maximum atomic E-state index is 12.7. The van der Waals surface area contributed by atoms with E-state index < -0.39 is 0 Å². The Balaban J connectivity index is 1.75. The van der Waals surface area contributed by atoms with Gasteiger partial charge in [-0.2, -0.15) is 10.4 Å². The Morgan fingerprint density at radius 3 is 2.68 bits per heavy atom. The quantitative estimate of drug-likeness (QED) is 0.482. The molecule has 0 bridgehead atoms. The number of hydrogen-bond acceptors (Lipinski definition) is 4. The van der Waals surface area contributed by atoms with Crippen molar-refractivity contribution >= 4 is 32.5 Å². The van der Waals surface area contributed by atoms with Crippen molar-refractivity contribution in [1.29, 1.82) is 5.26 Å². The molecular formula is C20H17BrN6O. The molecule has 0 amide bonds. The highest BCUT2D eigenvalue weighted by Crippen LogP contribution is 2.47. The van der Waals surface area contributed by atoms with Gasteiger partial charge in [0, 0.05) is 26.0 Å². The van der Waals surface area contributed by atoms with Crippen molar-refractivity contribution in [2.75, 3.05) is 0 Å². The van der Waals surface area contributed by atoms with Crippen LogP contribution in [0.3, 0.4) is 0 Å². The second-order valence-electron chi connectivity index (χ2n) is 7.48. The summed E-state index contributed by atoms with van der Waals surface area (Å²) in [7, 11) is 3.59. The van der Waals surface area contributed by atoms with Crippen molar-refractivity contribution in [1.82, 2.24) is 23.7 Å². The van der Waals surface area contributed by atoms with Gasteiger partial charge in [0.15, 0.2) is 5.82 Å². The van der Waals surface area contributed by atoms with Crippen LogP contribution in [-0.2, 0) is 19.5 Å². The van der Waals surface area contributed by atoms with Crippen LogP contribution in [0, 0.1) is 18.3 Å². The van der Waals surface area contributed by atoms with Crippen LogP contribution in [0.5, 0.6) is 0 Å². The van der Waals surface area contributed by atoms with E-state index in [4.69, 9.17) is 10.1 Å². The summed E-state index contributed by atoms with van der Waals surface area (Å²) in [4.78, 5) is 17.4. The summed E-state index contributed by atoms with van der Waals surface area (Å²) in [6, 6.07) is 8.30. The first-order valence-electron chi connectivity index (χ1n) is 8.99. The van der Waals surface area contributed by atoms with Crippen LogP contribution in [-0.4, -0.2) is 23.7 Å². The van der Waals surface area contributed by atoms with Crippen LogP contribution in [0.2, 0.25) is 0 Å². The van der Waals surface area contributed by atoms with Gasteiger partial charge in [0.25, 0.3) is 5.56 Å². The first-order valence-corrected chi connectivity index (χ1v) is 9.79. The number of aromatic nitrogens is 5. The highest BCUT2D eigenvalue weighted by Gasteiger charge is 2.45. The smallest absolute Gasteiger partial charge is 0.276 e. The van der Waals surface area contributed by atoms with Gasteiger partial charge in [-0.05, 0) is 53.4 Å². The van der Waals surface area contributed by atoms with Crippen LogP contribution in [0.4, 0.5) is 0 Å². The van der Waals surface area contributed by atoms with Crippen LogP contribution >= 0.6 is 15.9 Å². The number of nitrogens with zero attached hydrogens (tertiary/aromatic N) is 6. The molecule has 0 N–H and O–H groups in total. The Hall–Kier alpha value is -2.92. The van der Waals surface area contributed by atoms with Crippen molar-refractivity contribution in [3.05, 3.63) is 50.5 Å². The molecule has 0 atom stereocenters. The van der Waals surface area contributed by atoms with E-state index in [2.05, 4.69) is 22.0 Å². The molecule has 140 valence electrons. The normalized spacial score (nSPS) is 15.2. The van der Waals surface area contributed by atoms with Crippen LogP contribution in [0.15, 0.2) is 33.7 Å². The molecule has 5 rings (SSSR count). The summed E-state index contributed by atoms with van der Waals surface area (Å²) in [5.41, 5.74) is 4.15. The predicted octanol–water partition coefficient (Wildman–Crippen LogP) is 3.21. The minimum absolute atomic E-state index is 0.0804. The largest absolute Gasteiger partial charge is 0.321 e. The van der Waals surface area contributed by atoms with E-state index in [-0.39, 0.29) is 11.0 Å². The highest BCUT2D eigenvalue weighted by atomic mass is 79.9. The number of aryl methyl sites for hydroxylation is 2. The van der Waals surface area contributed by atoms with E-state index in [1.54, 1.807) is 20.7 Å². The lowest BCUT2D eigenvalue weighted by molar-refractivity contribution is 0.817. The van der Waals surface area contributed by atoms with Crippen molar-refractivity contribution in [2.45, 2.75) is 25.2 Å². The lowest BCUT2D eigenvalue weighted by atomic mass is 10.00. The number of rotatable bonds is 2. The Morgan fingerprint density at radius 1 is 1.25 bits per heavy atom. The molecule has 0 saturated heterocycles. The molecule has 1 aliphatic carbocycles. The molecule has 0 aliphatic heterocycles. The third kappa shape index (κ3) is 2.17. The molecular weight excluding hydrogens is 420 g/mol. The molecule has 0 aromatic carbocycles. The second kappa shape index (κ2) is 5.55.